The van der Waals surface area contributed by atoms with Crippen molar-refractivity contribution < 1.29 is 32.6 Å². The molecule has 1 N–H and O–H groups in total. The minimum Gasteiger partial charge on any atom is -0.618 e. The van der Waals surface area contributed by atoms with Crippen molar-refractivity contribution in [2.24, 2.45) is 0 Å². The van der Waals surface area contributed by atoms with Crippen LogP contribution >= 0.6 is 0 Å². The molecule has 9 heteroatoms. The van der Waals surface area contributed by atoms with Crippen LogP contribution in [0.5, 0.6) is 5.75 Å². The van der Waals surface area contributed by atoms with Gasteiger partial charge in [-0.15, -0.1) is 0 Å². The molecular weight excluding hydrogens is 326 g/mol. The van der Waals surface area contributed by atoms with E-state index in [2.05, 4.69) is 10.1 Å². The molecule has 2 rings (SSSR count). The summed E-state index contributed by atoms with van der Waals surface area (Å²) in [6.07, 6.45) is 1.11. The van der Waals surface area contributed by atoms with E-state index in [4.69, 9.17) is 4.74 Å². The lowest BCUT2D eigenvalue weighted by Crippen LogP contribution is -2.35. The van der Waals surface area contributed by atoms with Gasteiger partial charge in [-0.3, -0.25) is 4.79 Å². The molecule has 0 spiro atoms. The highest BCUT2D eigenvalue weighted by atomic mass is 19.3. The summed E-state index contributed by atoms with van der Waals surface area (Å²) in [5.41, 5.74) is -0.288. The van der Waals surface area contributed by atoms with Crippen LogP contribution in [-0.4, -0.2) is 25.1 Å². The SMILES string of the molecule is O=C(COC(=O)c1cccc[n+]1[O-])Nc1ccccc1OC(F)F. The molecule has 0 aliphatic heterocycles. The Morgan fingerprint density at radius 3 is 2.58 bits per heavy atom. The smallest absolute Gasteiger partial charge is 0.405 e. The van der Waals surface area contributed by atoms with E-state index in [1.54, 1.807) is 0 Å². The first kappa shape index (κ1) is 17.1. The highest BCUT2D eigenvalue weighted by Crippen LogP contribution is 2.25. The van der Waals surface area contributed by atoms with Gasteiger partial charge in [0.15, 0.2) is 12.8 Å². The van der Waals surface area contributed by atoms with Gasteiger partial charge in [0, 0.05) is 12.1 Å². The topological polar surface area (TPSA) is 91.6 Å². The van der Waals surface area contributed by atoms with Gasteiger partial charge in [0.1, 0.15) is 5.75 Å². The molecule has 0 bridgehead atoms. The van der Waals surface area contributed by atoms with Crippen molar-refractivity contribution in [1.29, 1.82) is 0 Å². The number of pyridine rings is 1. The fourth-order valence-electron chi connectivity index (χ4n) is 1.75. The van der Waals surface area contributed by atoms with Crippen LogP contribution in [0, 0.1) is 5.21 Å². The van der Waals surface area contributed by atoms with E-state index in [0.29, 0.717) is 4.73 Å². The van der Waals surface area contributed by atoms with Gasteiger partial charge in [-0.25, -0.2) is 4.79 Å². The molecule has 1 amide bonds. The van der Waals surface area contributed by atoms with Gasteiger partial charge in [-0.1, -0.05) is 12.1 Å². The summed E-state index contributed by atoms with van der Waals surface area (Å²) in [5, 5.41) is 13.6. The zero-order valence-corrected chi connectivity index (χ0v) is 12.1. The Morgan fingerprint density at radius 1 is 1.17 bits per heavy atom. The van der Waals surface area contributed by atoms with E-state index < -0.39 is 25.1 Å². The number of amides is 1. The lowest BCUT2D eigenvalue weighted by molar-refractivity contribution is -0.608. The maximum atomic E-state index is 12.3. The third-order valence-electron chi connectivity index (χ3n) is 2.74. The van der Waals surface area contributed by atoms with Crippen LogP contribution in [0.3, 0.4) is 0 Å². The summed E-state index contributed by atoms with van der Waals surface area (Å²) >= 11 is 0. The predicted octanol–water partition coefficient (Wildman–Crippen LogP) is 1.72. The number of benzene rings is 1. The maximum Gasteiger partial charge on any atom is 0.405 e. The number of nitrogens with one attached hydrogen (secondary N) is 1. The molecule has 0 saturated carbocycles. The Kier molecular flexibility index (Phi) is 5.61. The van der Waals surface area contributed by atoms with E-state index in [1.807, 2.05) is 0 Å². The largest absolute Gasteiger partial charge is 0.618 e. The number of alkyl halides is 2. The van der Waals surface area contributed by atoms with Crippen LogP contribution in [-0.2, 0) is 9.53 Å². The van der Waals surface area contributed by atoms with Crippen molar-refractivity contribution in [3.8, 4) is 5.75 Å². The van der Waals surface area contributed by atoms with E-state index >= 15 is 0 Å². The third-order valence-corrected chi connectivity index (χ3v) is 2.74. The predicted molar refractivity (Wildman–Crippen MR) is 77.4 cm³/mol. The number of anilines is 1. The Labute approximate surface area is 135 Å². The Morgan fingerprint density at radius 2 is 1.88 bits per heavy atom. The zero-order valence-electron chi connectivity index (χ0n) is 12.1. The first-order chi connectivity index (χ1) is 11.5. The number of hydrogen-bond acceptors (Lipinski definition) is 5. The average molecular weight is 338 g/mol. The molecule has 1 aromatic carbocycles. The number of nitrogens with zero attached hydrogens (tertiary/aromatic N) is 1. The number of ether oxygens (including phenoxy) is 2. The molecule has 0 radical (unpaired) electrons. The molecule has 7 nitrogen and oxygen atoms in total. The van der Waals surface area contributed by atoms with Gasteiger partial charge in [0.05, 0.1) is 5.69 Å². The van der Waals surface area contributed by atoms with E-state index in [-0.39, 0.29) is 17.1 Å². The fourth-order valence-corrected chi connectivity index (χ4v) is 1.75. The number of para-hydroxylation sites is 2. The molecule has 0 saturated heterocycles. The highest BCUT2D eigenvalue weighted by Gasteiger charge is 2.19. The molecule has 24 heavy (non-hydrogen) atoms. The summed E-state index contributed by atoms with van der Waals surface area (Å²) in [7, 11) is 0. The minimum atomic E-state index is -3.05. The van der Waals surface area contributed by atoms with Crippen LogP contribution in [0.1, 0.15) is 10.5 Å². The third kappa shape index (κ3) is 4.63. The van der Waals surface area contributed by atoms with Crippen LogP contribution in [0.2, 0.25) is 0 Å². The number of carbonyl (C=O) groups is 2. The van der Waals surface area contributed by atoms with Crippen LogP contribution in [0.4, 0.5) is 14.5 Å². The lowest BCUT2D eigenvalue weighted by Gasteiger charge is -2.11. The van der Waals surface area contributed by atoms with Crippen molar-refractivity contribution in [3.63, 3.8) is 0 Å². The molecular formula is C15H12F2N2O5. The first-order valence-corrected chi connectivity index (χ1v) is 6.66. The Balaban J connectivity index is 1.95. The normalized spacial score (nSPS) is 10.3. The molecule has 1 heterocycles. The Hall–Kier alpha value is -3.23. The monoisotopic (exact) mass is 338 g/mol. The molecule has 2 aromatic rings. The first-order valence-electron chi connectivity index (χ1n) is 6.66. The van der Waals surface area contributed by atoms with Gasteiger partial charge < -0.3 is 20.0 Å². The molecule has 0 aliphatic rings. The van der Waals surface area contributed by atoms with Gasteiger partial charge in [0.2, 0.25) is 0 Å². The number of esters is 1. The molecule has 0 aliphatic carbocycles. The highest BCUT2D eigenvalue weighted by molar-refractivity contribution is 5.95. The minimum absolute atomic E-state index is 0.00236. The molecule has 0 unspecified atom stereocenters. The second-order valence-corrected chi connectivity index (χ2v) is 4.41. The number of carbonyl (C=O) groups excluding carboxylic acids is 2. The summed E-state index contributed by atoms with van der Waals surface area (Å²) < 4.78 is 33.8. The number of aromatic nitrogens is 1. The maximum absolute atomic E-state index is 12.3. The van der Waals surface area contributed by atoms with E-state index in [1.165, 1.54) is 42.5 Å². The summed E-state index contributed by atoms with van der Waals surface area (Å²) in [4.78, 5) is 23.4. The van der Waals surface area contributed by atoms with Gasteiger partial charge in [-0.2, -0.15) is 13.5 Å². The average Bonchev–Trinajstić information content (AvgIpc) is 2.54. The summed E-state index contributed by atoms with van der Waals surface area (Å²) in [6.45, 7) is -3.75. The van der Waals surface area contributed by atoms with Crippen molar-refractivity contribution in [2.75, 3.05) is 11.9 Å². The van der Waals surface area contributed by atoms with Crippen molar-refractivity contribution in [2.45, 2.75) is 6.61 Å². The Bertz CT molecular complexity index is 739. The second kappa shape index (κ2) is 7.86. The van der Waals surface area contributed by atoms with E-state index in [9.17, 15) is 23.6 Å². The van der Waals surface area contributed by atoms with Crippen molar-refractivity contribution >= 4 is 17.6 Å². The van der Waals surface area contributed by atoms with Gasteiger partial charge in [0.25, 0.3) is 5.91 Å². The summed E-state index contributed by atoms with van der Waals surface area (Å²) in [5.74, 6) is -1.99. The van der Waals surface area contributed by atoms with E-state index in [0.717, 1.165) is 6.20 Å². The quantitative estimate of drug-likeness (QED) is 0.492. The second-order valence-electron chi connectivity index (χ2n) is 4.41. The molecule has 1 aromatic heterocycles. The van der Waals surface area contributed by atoms with Gasteiger partial charge >= 0.3 is 18.3 Å². The zero-order chi connectivity index (χ0) is 17.5. The van der Waals surface area contributed by atoms with Crippen LogP contribution < -0.4 is 14.8 Å². The fraction of sp³-hybridized carbons (Fsp3) is 0.133. The number of rotatable bonds is 6. The molecule has 0 atom stereocenters. The molecule has 0 fully saturated rings. The number of halogens is 2. The molecule has 126 valence electrons. The van der Waals surface area contributed by atoms with Gasteiger partial charge in [-0.05, 0) is 18.2 Å². The standard InChI is InChI=1S/C15H12F2N2O5/c16-15(17)24-12-7-2-1-5-10(12)18-13(20)9-23-14(21)11-6-3-4-8-19(11)22/h1-8,15H,9H2,(H,18,20). The van der Waals surface area contributed by atoms with Crippen LogP contribution in [0.15, 0.2) is 48.7 Å². The van der Waals surface area contributed by atoms with Crippen LogP contribution in [0.25, 0.3) is 0 Å². The summed E-state index contributed by atoms with van der Waals surface area (Å²) in [6, 6.07) is 9.68. The van der Waals surface area contributed by atoms with Crippen molar-refractivity contribution in [3.05, 3.63) is 59.6 Å². The number of hydrogen-bond donors (Lipinski definition) is 1. The van der Waals surface area contributed by atoms with Crippen molar-refractivity contribution in [1.82, 2.24) is 0 Å². The lowest BCUT2D eigenvalue weighted by atomic mass is 10.3.